The third-order valence-electron chi connectivity index (χ3n) is 7.92. The van der Waals surface area contributed by atoms with Crippen molar-refractivity contribution in [3.63, 3.8) is 0 Å². The van der Waals surface area contributed by atoms with Crippen LogP contribution in [0.25, 0.3) is 0 Å². The van der Waals surface area contributed by atoms with Crippen molar-refractivity contribution in [3.8, 4) is 0 Å². The van der Waals surface area contributed by atoms with Crippen molar-refractivity contribution < 1.29 is 28.4 Å². The van der Waals surface area contributed by atoms with Gasteiger partial charge in [0.25, 0.3) is 5.69 Å². The summed E-state index contributed by atoms with van der Waals surface area (Å²) < 4.78 is 24.7. The van der Waals surface area contributed by atoms with Crippen LogP contribution in [0.3, 0.4) is 0 Å². The minimum absolute atomic E-state index is 0.00135. The molecule has 36 heavy (non-hydrogen) atoms. The summed E-state index contributed by atoms with van der Waals surface area (Å²) >= 11 is 0. The van der Waals surface area contributed by atoms with Gasteiger partial charge in [-0.05, 0) is 61.4 Å². The van der Waals surface area contributed by atoms with Crippen LogP contribution in [0.1, 0.15) is 71.2 Å². The molecule has 202 valence electrons. The molecule has 2 aliphatic heterocycles. The second kappa shape index (κ2) is 11.3. The summed E-state index contributed by atoms with van der Waals surface area (Å²) in [6.45, 7) is 18.1. The third-order valence-corrected chi connectivity index (χ3v) is 12.5. The summed E-state index contributed by atoms with van der Waals surface area (Å²) in [5.41, 5.74) is 0.223. The summed E-state index contributed by atoms with van der Waals surface area (Å²) in [5, 5.41) is 11.1. The number of carbonyl (C=O) groups excluding carboxylic acids is 1. The van der Waals surface area contributed by atoms with E-state index in [4.69, 9.17) is 18.6 Å². The van der Waals surface area contributed by atoms with E-state index in [1.54, 1.807) is 0 Å². The summed E-state index contributed by atoms with van der Waals surface area (Å²) in [6, 6.07) is 5.51. The average Bonchev–Trinajstić information content (AvgIpc) is 3.51. The minimum atomic E-state index is -1.87. The lowest BCUT2D eigenvalue weighted by Crippen LogP contribution is -2.41. The van der Waals surface area contributed by atoms with Gasteiger partial charge in [0.1, 0.15) is 12.2 Å². The highest BCUT2D eigenvalue weighted by molar-refractivity contribution is 6.74. The fraction of sp³-hybridized carbons (Fsp3) is 0.741. The summed E-state index contributed by atoms with van der Waals surface area (Å²) in [4.78, 5) is 23.5. The second-order valence-electron chi connectivity index (χ2n) is 12.2. The third kappa shape index (κ3) is 6.94. The normalized spacial score (nSPS) is 27.2. The van der Waals surface area contributed by atoms with Crippen LogP contribution >= 0.6 is 0 Å². The molecule has 8 nitrogen and oxygen atoms in total. The number of benzene rings is 1. The standard InChI is InChI=1S/C27H43NO7Si/c1-17(2)23-25(35-23)22-16-18(3)24(33-22)21(10-9-15-32-36(7,8)27(4,5)6)34-26(29)19-11-13-20(14-12-19)28(30)31/h11-14,17-18,21-25H,9-10,15-16H2,1-8H3/t18-,21+,22-,23-,24-,25-/m1/s1. The first-order valence-electron chi connectivity index (χ1n) is 13.1. The Morgan fingerprint density at radius 2 is 1.81 bits per heavy atom. The Labute approximate surface area is 216 Å². The van der Waals surface area contributed by atoms with Gasteiger partial charge >= 0.3 is 5.97 Å². The molecule has 3 rings (SSSR count). The molecule has 0 aliphatic carbocycles. The fourth-order valence-electron chi connectivity index (χ4n) is 4.57. The highest BCUT2D eigenvalue weighted by atomic mass is 28.4. The molecule has 6 atom stereocenters. The van der Waals surface area contributed by atoms with Crippen molar-refractivity contribution in [1.82, 2.24) is 0 Å². The van der Waals surface area contributed by atoms with Crippen LogP contribution in [0.15, 0.2) is 24.3 Å². The molecule has 0 saturated carbocycles. The SMILES string of the molecule is CC(C)[C@H]1O[C@@H]1[C@H]1C[C@@H](C)[C@H]([C@H](CCCO[Si](C)(C)C(C)(C)C)OC(=O)c2ccc([N+](=O)[O-])cc2)O1. The largest absolute Gasteiger partial charge is 0.456 e. The first-order chi connectivity index (χ1) is 16.7. The lowest BCUT2D eigenvalue weighted by molar-refractivity contribution is -0.384. The molecule has 1 aromatic carbocycles. The summed E-state index contributed by atoms with van der Waals surface area (Å²) in [6.07, 6.45) is 1.88. The molecular formula is C27H43NO7Si. The van der Waals surface area contributed by atoms with E-state index < -0.39 is 25.3 Å². The van der Waals surface area contributed by atoms with Gasteiger partial charge < -0.3 is 18.6 Å². The maximum absolute atomic E-state index is 13.0. The van der Waals surface area contributed by atoms with E-state index in [-0.39, 0.29) is 46.6 Å². The van der Waals surface area contributed by atoms with E-state index in [9.17, 15) is 14.9 Å². The van der Waals surface area contributed by atoms with Crippen LogP contribution in [0, 0.1) is 22.0 Å². The van der Waals surface area contributed by atoms with Crippen LogP contribution in [-0.2, 0) is 18.6 Å². The Morgan fingerprint density at radius 3 is 2.33 bits per heavy atom. The number of nitrogens with zero attached hydrogens (tertiary/aromatic N) is 1. The lowest BCUT2D eigenvalue weighted by atomic mass is 9.93. The molecule has 9 heteroatoms. The number of hydrogen-bond acceptors (Lipinski definition) is 7. The average molecular weight is 522 g/mol. The monoisotopic (exact) mass is 521 g/mol. The molecule has 2 saturated heterocycles. The van der Waals surface area contributed by atoms with Gasteiger partial charge in [-0.1, -0.05) is 41.5 Å². The molecule has 2 aliphatic rings. The molecule has 0 unspecified atom stereocenters. The van der Waals surface area contributed by atoms with Gasteiger partial charge in [-0.2, -0.15) is 0 Å². The summed E-state index contributed by atoms with van der Waals surface area (Å²) in [5.74, 6) is 0.154. The van der Waals surface area contributed by atoms with Crippen molar-refractivity contribution in [3.05, 3.63) is 39.9 Å². The van der Waals surface area contributed by atoms with Crippen LogP contribution in [0.4, 0.5) is 5.69 Å². The van der Waals surface area contributed by atoms with Gasteiger partial charge in [0.2, 0.25) is 0 Å². The molecule has 0 radical (unpaired) electrons. The van der Waals surface area contributed by atoms with Gasteiger partial charge in [-0.25, -0.2) is 4.79 Å². The minimum Gasteiger partial charge on any atom is -0.456 e. The Morgan fingerprint density at radius 1 is 1.17 bits per heavy atom. The maximum Gasteiger partial charge on any atom is 0.338 e. The molecule has 2 fully saturated rings. The highest BCUT2D eigenvalue weighted by Crippen LogP contribution is 2.42. The zero-order chi connectivity index (χ0) is 26.8. The first-order valence-corrected chi connectivity index (χ1v) is 16.0. The number of nitro benzene ring substituents is 1. The van der Waals surface area contributed by atoms with E-state index in [0.717, 1.165) is 12.8 Å². The van der Waals surface area contributed by atoms with Gasteiger partial charge in [-0.3, -0.25) is 10.1 Å². The van der Waals surface area contributed by atoms with Crippen molar-refractivity contribution in [2.75, 3.05) is 6.61 Å². The smallest absolute Gasteiger partial charge is 0.338 e. The molecule has 0 aromatic heterocycles. The molecule has 0 N–H and O–H groups in total. The van der Waals surface area contributed by atoms with E-state index in [2.05, 4.69) is 54.6 Å². The van der Waals surface area contributed by atoms with Crippen molar-refractivity contribution in [2.45, 2.75) is 109 Å². The number of hydrogen-bond donors (Lipinski definition) is 0. The number of rotatable bonds is 11. The van der Waals surface area contributed by atoms with E-state index >= 15 is 0 Å². The number of ether oxygens (including phenoxy) is 3. The lowest BCUT2D eigenvalue weighted by Gasteiger charge is -2.36. The predicted molar refractivity (Wildman–Crippen MR) is 141 cm³/mol. The van der Waals surface area contributed by atoms with Gasteiger partial charge in [-0.15, -0.1) is 0 Å². The number of carbonyl (C=O) groups is 1. The van der Waals surface area contributed by atoms with Crippen molar-refractivity contribution >= 4 is 20.0 Å². The Bertz CT molecular complexity index is 912. The van der Waals surface area contributed by atoms with Crippen molar-refractivity contribution in [1.29, 1.82) is 0 Å². The molecule has 0 bridgehead atoms. The fourth-order valence-corrected chi connectivity index (χ4v) is 5.66. The van der Waals surface area contributed by atoms with Gasteiger partial charge in [0.15, 0.2) is 8.32 Å². The number of non-ortho nitro benzene ring substituents is 1. The van der Waals surface area contributed by atoms with Gasteiger partial charge in [0.05, 0.1) is 28.8 Å². The highest BCUT2D eigenvalue weighted by Gasteiger charge is 2.52. The van der Waals surface area contributed by atoms with Crippen LogP contribution in [-0.4, -0.2) is 56.3 Å². The molecular weight excluding hydrogens is 478 g/mol. The molecule has 0 amide bonds. The molecule has 1 aromatic rings. The quantitative estimate of drug-likeness (QED) is 0.0861. The van der Waals surface area contributed by atoms with Gasteiger partial charge in [0, 0.05) is 18.7 Å². The van der Waals surface area contributed by atoms with Crippen LogP contribution in [0.2, 0.25) is 18.1 Å². The topological polar surface area (TPSA) is 100 Å². The zero-order valence-corrected chi connectivity index (χ0v) is 24.0. The second-order valence-corrected chi connectivity index (χ2v) is 17.0. The Balaban J connectivity index is 1.67. The number of esters is 1. The predicted octanol–water partition coefficient (Wildman–Crippen LogP) is 6.14. The van der Waals surface area contributed by atoms with Crippen molar-refractivity contribution in [2.24, 2.45) is 11.8 Å². The molecule has 0 spiro atoms. The number of epoxide rings is 1. The van der Waals surface area contributed by atoms with Crippen LogP contribution < -0.4 is 0 Å². The van der Waals surface area contributed by atoms with E-state index in [1.165, 1.54) is 24.3 Å². The first kappa shape index (κ1) is 28.8. The Kier molecular flexibility index (Phi) is 9.02. The Hall–Kier alpha value is -1.81. The number of nitro groups is 1. The molecule has 2 heterocycles. The summed E-state index contributed by atoms with van der Waals surface area (Å²) in [7, 11) is -1.87. The zero-order valence-electron chi connectivity index (χ0n) is 23.0. The van der Waals surface area contributed by atoms with E-state index in [0.29, 0.717) is 18.9 Å². The van der Waals surface area contributed by atoms with Crippen LogP contribution in [0.5, 0.6) is 0 Å². The van der Waals surface area contributed by atoms with E-state index in [1.807, 2.05) is 0 Å². The maximum atomic E-state index is 13.0.